The van der Waals surface area contributed by atoms with Gasteiger partial charge in [0.05, 0.1) is 24.0 Å². The molecule has 9 heteroatoms. The zero-order valence-corrected chi connectivity index (χ0v) is 17.4. The number of esters is 2. The van der Waals surface area contributed by atoms with Crippen molar-refractivity contribution in [2.24, 2.45) is 0 Å². The third-order valence-electron chi connectivity index (χ3n) is 4.15. The molecule has 1 heterocycles. The molecule has 8 nitrogen and oxygen atoms in total. The first-order valence-electron chi connectivity index (χ1n) is 9.60. The Balaban J connectivity index is 1.81. The molecule has 29 heavy (non-hydrogen) atoms. The number of hydrogen-bond donors (Lipinski definition) is 2. The molecule has 0 bridgehead atoms. The zero-order chi connectivity index (χ0) is 21.2. The average Bonchev–Trinajstić information content (AvgIpc) is 2.70. The van der Waals surface area contributed by atoms with Crippen molar-refractivity contribution < 1.29 is 28.7 Å². The summed E-state index contributed by atoms with van der Waals surface area (Å²) in [5.74, 6) is -1.20. The summed E-state index contributed by atoms with van der Waals surface area (Å²) >= 11 is 1.25. The lowest BCUT2D eigenvalue weighted by molar-refractivity contribution is -0.146. The first-order chi connectivity index (χ1) is 13.9. The molecule has 2 atom stereocenters. The van der Waals surface area contributed by atoms with Crippen LogP contribution in [0.5, 0.6) is 0 Å². The van der Waals surface area contributed by atoms with Gasteiger partial charge in [-0.1, -0.05) is 13.3 Å². The Morgan fingerprint density at radius 3 is 2.52 bits per heavy atom. The minimum absolute atomic E-state index is 0.0210. The number of amides is 2. The second-order valence-corrected chi connectivity index (χ2v) is 7.69. The molecule has 1 aromatic rings. The van der Waals surface area contributed by atoms with Gasteiger partial charge in [0.15, 0.2) is 0 Å². The third kappa shape index (κ3) is 7.08. The second-order valence-electron chi connectivity index (χ2n) is 6.45. The predicted molar refractivity (Wildman–Crippen MR) is 110 cm³/mol. The van der Waals surface area contributed by atoms with E-state index in [-0.39, 0.29) is 24.8 Å². The quantitative estimate of drug-likeness (QED) is 0.463. The number of anilines is 1. The first-order valence-corrected chi connectivity index (χ1v) is 10.6. The molecule has 1 aliphatic rings. The van der Waals surface area contributed by atoms with Crippen molar-refractivity contribution in [1.82, 2.24) is 5.32 Å². The maximum atomic E-state index is 12.2. The fourth-order valence-corrected chi connectivity index (χ4v) is 3.71. The van der Waals surface area contributed by atoms with Crippen LogP contribution < -0.4 is 10.6 Å². The maximum Gasteiger partial charge on any atom is 0.338 e. The predicted octanol–water partition coefficient (Wildman–Crippen LogP) is 2.14. The molecule has 2 rings (SSSR count). The highest BCUT2D eigenvalue weighted by atomic mass is 32.2. The van der Waals surface area contributed by atoms with Crippen molar-refractivity contribution >= 4 is 41.2 Å². The van der Waals surface area contributed by atoms with Crippen LogP contribution in [0.2, 0.25) is 0 Å². The van der Waals surface area contributed by atoms with Crippen molar-refractivity contribution in [3.63, 3.8) is 0 Å². The lowest BCUT2D eigenvalue weighted by Gasteiger charge is -2.27. The van der Waals surface area contributed by atoms with Gasteiger partial charge in [0, 0.05) is 17.9 Å². The minimum atomic E-state index is -0.684. The summed E-state index contributed by atoms with van der Waals surface area (Å²) in [4.78, 5) is 48.0. The van der Waals surface area contributed by atoms with Crippen LogP contribution in [0.3, 0.4) is 0 Å². The molecular formula is C20H26N2O6S. The molecule has 0 radical (unpaired) electrons. The molecule has 0 aliphatic carbocycles. The molecule has 1 fully saturated rings. The van der Waals surface area contributed by atoms with Gasteiger partial charge in [-0.15, -0.1) is 11.8 Å². The Labute approximate surface area is 174 Å². The fourth-order valence-electron chi connectivity index (χ4n) is 2.58. The molecule has 1 aromatic carbocycles. The SMILES string of the molecule is CCCCOC(=O)c1ccc(NC(=O)C[C@H]2SC[C@@H](C(=O)OCC)NC2=O)cc1. The third-order valence-corrected chi connectivity index (χ3v) is 5.46. The molecule has 0 saturated carbocycles. The zero-order valence-electron chi connectivity index (χ0n) is 16.6. The Kier molecular flexibility index (Phi) is 8.98. The average molecular weight is 423 g/mol. The van der Waals surface area contributed by atoms with Crippen molar-refractivity contribution in [1.29, 1.82) is 0 Å². The van der Waals surface area contributed by atoms with Gasteiger partial charge < -0.3 is 20.1 Å². The Morgan fingerprint density at radius 1 is 1.17 bits per heavy atom. The van der Waals surface area contributed by atoms with Crippen LogP contribution >= 0.6 is 11.8 Å². The molecule has 158 valence electrons. The highest BCUT2D eigenvalue weighted by molar-refractivity contribution is 8.00. The number of nitrogens with one attached hydrogen (secondary N) is 2. The number of rotatable bonds is 9. The van der Waals surface area contributed by atoms with E-state index in [4.69, 9.17) is 9.47 Å². The van der Waals surface area contributed by atoms with Gasteiger partial charge in [0.2, 0.25) is 11.8 Å². The van der Waals surface area contributed by atoms with Gasteiger partial charge in [0.1, 0.15) is 6.04 Å². The molecule has 1 saturated heterocycles. The molecule has 2 N–H and O–H groups in total. The van der Waals surface area contributed by atoms with Crippen LogP contribution in [0.25, 0.3) is 0 Å². The van der Waals surface area contributed by atoms with Crippen molar-refractivity contribution in [3.05, 3.63) is 29.8 Å². The summed E-state index contributed by atoms with van der Waals surface area (Å²) in [6, 6.07) is 5.70. The van der Waals surface area contributed by atoms with Gasteiger partial charge in [-0.25, -0.2) is 9.59 Å². The monoisotopic (exact) mass is 422 g/mol. The van der Waals surface area contributed by atoms with Gasteiger partial charge in [-0.05, 0) is 37.6 Å². The second kappa shape index (κ2) is 11.5. The molecule has 0 unspecified atom stereocenters. The van der Waals surface area contributed by atoms with Crippen molar-refractivity contribution in [2.75, 3.05) is 24.3 Å². The Hall–Kier alpha value is -2.55. The Bertz CT molecular complexity index is 737. The highest BCUT2D eigenvalue weighted by Gasteiger charge is 2.34. The van der Waals surface area contributed by atoms with Crippen LogP contribution in [0.4, 0.5) is 5.69 Å². The van der Waals surface area contributed by atoms with Gasteiger partial charge in [-0.2, -0.15) is 0 Å². The molecule has 0 spiro atoms. The summed E-state index contributed by atoms with van der Waals surface area (Å²) in [5.41, 5.74) is 0.928. The first kappa shape index (κ1) is 22.7. The van der Waals surface area contributed by atoms with E-state index in [0.717, 1.165) is 12.8 Å². The lowest BCUT2D eigenvalue weighted by Crippen LogP contribution is -2.51. The number of ether oxygens (including phenoxy) is 2. The van der Waals surface area contributed by atoms with E-state index in [0.29, 0.717) is 23.6 Å². The fraction of sp³-hybridized carbons (Fsp3) is 0.500. The standard InChI is InChI=1S/C20H26N2O6S/c1-3-5-10-28-19(25)13-6-8-14(9-7-13)21-17(23)11-16-18(24)22-15(12-29-16)20(26)27-4-2/h6-9,15-16H,3-5,10-12H2,1-2H3,(H,21,23)(H,22,24)/t15-,16+/m0/s1. The molecular weight excluding hydrogens is 396 g/mol. The summed E-state index contributed by atoms with van der Waals surface area (Å²) in [6.07, 6.45) is 1.74. The topological polar surface area (TPSA) is 111 Å². The smallest absolute Gasteiger partial charge is 0.338 e. The normalized spacial score (nSPS) is 18.5. The Morgan fingerprint density at radius 2 is 1.90 bits per heavy atom. The van der Waals surface area contributed by atoms with Crippen LogP contribution in [0.1, 0.15) is 43.5 Å². The van der Waals surface area contributed by atoms with Crippen molar-refractivity contribution in [3.8, 4) is 0 Å². The van der Waals surface area contributed by atoms with Crippen LogP contribution in [-0.2, 0) is 23.9 Å². The maximum absolute atomic E-state index is 12.2. The number of unbranched alkanes of at least 4 members (excludes halogenated alkanes) is 1. The summed E-state index contributed by atoms with van der Waals surface area (Å²) in [7, 11) is 0. The minimum Gasteiger partial charge on any atom is -0.464 e. The number of carbonyl (C=O) groups excluding carboxylic acids is 4. The van der Waals surface area contributed by atoms with E-state index in [1.165, 1.54) is 11.8 Å². The number of hydrogen-bond acceptors (Lipinski definition) is 7. The van der Waals surface area contributed by atoms with Crippen LogP contribution in [0.15, 0.2) is 24.3 Å². The largest absolute Gasteiger partial charge is 0.464 e. The van der Waals surface area contributed by atoms with Crippen molar-refractivity contribution in [2.45, 2.75) is 44.4 Å². The van der Waals surface area contributed by atoms with E-state index in [1.807, 2.05) is 6.92 Å². The van der Waals surface area contributed by atoms with E-state index in [1.54, 1.807) is 31.2 Å². The van der Waals surface area contributed by atoms with E-state index >= 15 is 0 Å². The van der Waals surface area contributed by atoms with Gasteiger partial charge >= 0.3 is 11.9 Å². The molecule has 2 amide bonds. The lowest BCUT2D eigenvalue weighted by atomic mass is 10.2. The highest BCUT2D eigenvalue weighted by Crippen LogP contribution is 2.22. The van der Waals surface area contributed by atoms with E-state index in [9.17, 15) is 19.2 Å². The number of carbonyl (C=O) groups is 4. The van der Waals surface area contributed by atoms with Gasteiger partial charge in [-0.3, -0.25) is 9.59 Å². The number of benzene rings is 1. The summed E-state index contributed by atoms with van der Waals surface area (Å²) in [5, 5.41) is 4.73. The summed E-state index contributed by atoms with van der Waals surface area (Å²) < 4.78 is 10.0. The molecule has 0 aromatic heterocycles. The van der Waals surface area contributed by atoms with E-state index < -0.39 is 23.2 Å². The summed E-state index contributed by atoms with van der Waals surface area (Å²) in [6.45, 7) is 4.34. The van der Waals surface area contributed by atoms with Crippen LogP contribution in [-0.4, -0.2) is 54.0 Å². The molecule has 1 aliphatic heterocycles. The van der Waals surface area contributed by atoms with Gasteiger partial charge in [0.25, 0.3) is 0 Å². The van der Waals surface area contributed by atoms with Crippen LogP contribution in [0, 0.1) is 0 Å². The number of thioether (sulfide) groups is 1. The van der Waals surface area contributed by atoms with E-state index in [2.05, 4.69) is 10.6 Å².